The molecule has 0 saturated carbocycles. The SMILES string of the molecule is O=S1(=O)c2cc(N(c3ccccc3)c3ccccc3)ccc2-c2ccc(N(c3cc(-c4ccccc4)nc(C4C=CC=CC4)n3)c3nc(-c4ccccc4)nc(-c4ccccc4)n3)cc21. The third kappa shape index (κ3) is 7.55. The largest absolute Gasteiger partial charge is 0.310 e. The van der Waals surface area contributed by atoms with Crippen molar-refractivity contribution in [2.75, 3.05) is 9.80 Å². The van der Waals surface area contributed by atoms with E-state index in [4.69, 9.17) is 24.9 Å². The molecule has 9 aromatic rings. The highest BCUT2D eigenvalue weighted by Crippen LogP contribution is 2.49. The number of para-hydroxylation sites is 2. The van der Waals surface area contributed by atoms with Crippen LogP contribution in [0.4, 0.5) is 34.5 Å². The molecular formula is C55H39N7O2S. The van der Waals surface area contributed by atoms with E-state index in [0.29, 0.717) is 45.8 Å². The maximum atomic E-state index is 15.0. The average Bonchev–Trinajstić information content (AvgIpc) is 3.60. The third-order valence-corrected chi connectivity index (χ3v) is 13.4. The van der Waals surface area contributed by atoms with Gasteiger partial charge in [-0.15, -0.1) is 0 Å². The fraction of sp³-hybridized carbons (Fsp3) is 0.0364. The van der Waals surface area contributed by atoms with E-state index in [1.54, 1.807) is 12.1 Å². The fourth-order valence-electron chi connectivity index (χ4n) is 8.42. The highest BCUT2D eigenvalue weighted by atomic mass is 32.2. The molecule has 1 unspecified atom stereocenters. The molecule has 2 aliphatic rings. The van der Waals surface area contributed by atoms with Crippen molar-refractivity contribution < 1.29 is 8.42 Å². The second-order valence-corrected chi connectivity index (χ2v) is 17.6. The third-order valence-electron chi connectivity index (χ3n) is 11.6. The lowest BCUT2D eigenvalue weighted by atomic mass is 9.99. The smallest absolute Gasteiger partial charge is 0.239 e. The quantitative estimate of drug-likeness (QED) is 0.133. The molecule has 0 amide bonds. The number of sulfone groups is 1. The molecule has 9 nitrogen and oxygen atoms in total. The average molecular weight is 862 g/mol. The van der Waals surface area contributed by atoms with Crippen molar-refractivity contribution in [1.29, 1.82) is 0 Å². The predicted molar refractivity (Wildman–Crippen MR) is 258 cm³/mol. The highest BCUT2D eigenvalue weighted by molar-refractivity contribution is 7.92. The maximum Gasteiger partial charge on any atom is 0.239 e. The molecule has 312 valence electrons. The van der Waals surface area contributed by atoms with Crippen molar-refractivity contribution in [2.45, 2.75) is 22.1 Å². The highest BCUT2D eigenvalue weighted by Gasteiger charge is 2.35. The van der Waals surface area contributed by atoms with E-state index >= 15 is 8.42 Å². The van der Waals surface area contributed by atoms with Crippen molar-refractivity contribution in [1.82, 2.24) is 24.9 Å². The number of rotatable bonds is 10. The molecular weight excluding hydrogens is 823 g/mol. The molecule has 0 bridgehead atoms. The van der Waals surface area contributed by atoms with Crippen LogP contribution >= 0.6 is 0 Å². The first-order valence-electron chi connectivity index (χ1n) is 21.4. The number of benzene rings is 7. The normalized spacial score (nSPS) is 14.4. The Bertz CT molecular complexity index is 3270. The summed E-state index contributed by atoms with van der Waals surface area (Å²) in [6.07, 6.45) is 8.98. The lowest BCUT2D eigenvalue weighted by molar-refractivity contribution is 0.598. The van der Waals surface area contributed by atoms with Gasteiger partial charge in [0.1, 0.15) is 11.6 Å². The van der Waals surface area contributed by atoms with E-state index < -0.39 is 9.84 Å². The molecule has 10 heteroatoms. The topological polar surface area (TPSA) is 105 Å². The Balaban J connectivity index is 1.11. The van der Waals surface area contributed by atoms with Crippen LogP contribution in [0.15, 0.2) is 228 Å². The fourth-order valence-corrected chi connectivity index (χ4v) is 10.1. The Kier molecular flexibility index (Phi) is 10.2. The van der Waals surface area contributed by atoms with Crippen LogP contribution in [0, 0.1) is 0 Å². The zero-order valence-corrected chi connectivity index (χ0v) is 35.7. The summed E-state index contributed by atoms with van der Waals surface area (Å²) < 4.78 is 30.1. The second kappa shape index (κ2) is 16.7. The van der Waals surface area contributed by atoms with E-state index in [1.807, 2.05) is 199 Å². The van der Waals surface area contributed by atoms with Crippen LogP contribution in [0.1, 0.15) is 18.2 Å². The molecule has 11 rings (SSSR count). The second-order valence-electron chi connectivity index (χ2n) is 15.7. The standard InChI is InChI=1S/C55H39N7O2S/c63-65(64)49-35-44(61(42-27-15-5-16-28-42)43-29-17-6-18-30-43)31-33-46(49)47-34-32-45(36-50(47)65)62(51-37-48(38-19-7-1-8-20-38)56-52(57-51)39-21-9-2-10-22-39)55-59-53(40-23-11-3-12-24-40)58-54(60-55)41-25-13-4-14-26-41/h1-21,23-37,39H,22H2. The van der Waals surface area contributed by atoms with Gasteiger partial charge < -0.3 is 4.90 Å². The van der Waals surface area contributed by atoms with Gasteiger partial charge in [0.15, 0.2) is 11.6 Å². The first kappa shape index (κ1) is 39.5. The molecule has 2 aromatic heterocycles. The van der Waals surface area contributed by atoms with Crippen molar-refractivity contribution in [3.05, 3.63) is 224 Å². The van der Waals surface area contributed by atoms with E-state index in [1.165, 1.54) is 0 Å². The minimum Gasteiger partial charge on any atom is -0.310 e. The minimum atomic E-state index is -4.04. The van der Waals surface area contributed by atoms with Crippen LogP contribution < -0.4 is 9.80 Å². The van der Waals surface area contributed by atoms with Gasteiger partial charge >= 0.3 is 0 Å². The van der Waals surface area contributed by atoms with Gasteiger partial charge in [0.25, 0.3) is 0 Å². The number of hydrogen-bond donors (Lipinski definition) is 0. The molecule has 0 fully saturated rings. The maximum absolute atomic E-state index is 15.0. The number of nitrogens with zero attached hydrogens (tertiary/aromatic N) is 7. The molecule has 0 N–H and O–H groups in total. The zero-order chi connectivity index (χ0) is 43.7. The lowest BCUT2D eigenvalue weighted by Gasteiger charge is -2.25. The van der Waals surface area contributed by atoms with Crippen LogP contribution in [0.3, 0.4) is 0 Å². The molecule has 0 radical (unpaired) electrons. The van der Waals surface area contributed by atoms with Crippen molar-refractivity contribution in [3.8, 4) is 45.2 Å². The Hall–Kier alpha value is -8.34. The van der Waals surface area contributed by atoms with Crippen LogP contribution in [0.25, 0.3) is 45.2 Å². The van der Waals surface area contributed by atoms with Crippen LogP contribution in [0.5, 0.6) is 0 Å². The summed E-state index contributed by atoms with van der Waals surface area (Å²) in [6, 6.07) is 62.5. The van der Waals surface area contributed by atoms with E-state index in [-0.39, 0.29) is 21.7 Å². The van der Waals surface area contributed by atoms with Gasteiger partial charge in [-0.05, 0) is 55.0 Å². The van der Waals surface area contributed by atoms with E-state index in [0.717, 1.165) is 40.2 Å². The van der Waals surface area contributed by atoms with Gasteiger partial charge in [0, 0.05) is 56.9 Å². The summed E-state index contributed by atoms with van der Waals surface area (Å²) in [7, 11) is -4.04. The number of anilines is 6. The molecule has 0 spiro atoms. The lowest BCUT2D eigenvalue weighted by Crippen LogP contribution is -2.18. The van der Waals surface area contributed by atoms with Crippen LogP contribution in [-0.4, -0.2) is 33.3 Å². The van der Waals surface area contributed by atoms with Gasteiger partial charge in [0.2, 0.25) is 15.8 Å². The predicted octanol–water partition coefficient (Wildman–Crippen LogP) is 13.0. The molecule has 3 heterocycles. The monoisotopic (exact) mass is 861 g/mol. The van der Waals surface area contributed by atoms with Gasteiger partial charge in [-0.3, -0.25) is 4.90 Å². The molecule has 65 heavy (non-hydrogen) atoms. The number of allylic oxidation sites excluding steroid dienone is 4. The van der Waals surface area contributed by atoms with Crippen LogP contribution in [0.2, 0.25) is 0 Å². The van der Waals surface area contributed by atoms with Gasteiger partial charge in [-0.1, -0.05) is 164 Å². The minimum absolute atomic E-state index is 0.0992. The summed E-state index contributed by atoms with van der Waals surface area (Å²) in [6.45, 7) is 0. The van der Waals surface area contributed by atoms with Gasteiger partial charge in [-0.2, -0.15) is 9.97 Å². The Morgan fingerprint density at radius 2 is 0.938 bits per heavy atom. The summed E-state index contributed by atoms with van der Waals surface area (Å²) in [5.41, 5.74) is 7.48. The first-order chi connectivity index (χ1) is 32.0. The summed E-state index contributed by atoms with van der Waals surface area (Å²) in [5.74, 6) is 2.15. The van der Waals surface area contributed by atoms with E-state index in [2.05, 4.69) is 17.1 Å². The number of aromatic nitrogens is 5. The summed E-state index contributed by atoms with van der Waals surface area (Å²) in [5, 5.41) is 0. The van der Waals surface area contributed by atoms with Gasteiger partial charge in [0.05, 0.1) is 21.2 Å². The molecule has 1 aliphatic carbocycles. The van der Waals surface area contributed by atoms with Crippen LogP contribution in [-0.2, 0) is 9.84 Å². The Morgan fingerprint density at radius 1 is 0.446 bits per heavy atom. The summed E-state index contributed by atoms with van der Waals surface area (Å²) >= 11 is 0. The molecule has 7 aromatic carbocycles. The molecule has 0 saturated heterocycles. The van der Waals surface area contributed by atoms with Crippen molar-refractivity contribution in [2.24, 2.45) is 0 Å². The van der Waals surface area contributed by atoms with Crippen molar-refractivity contribution in [3.63, 3.8) is 0 Å². The summed E-state index contributed by atoms with van der Waals surface area (Å²) in [4.78, 5) is 30.0. The number of hydrogen-bond acceptors (Lipinski definition) is 9. The first-order valence-corrected chi connectivity index (χ1v) is 22.8. The Morgan fingerprint density at radius 3 is 1.45 bits per heavy atom. The zero-order valence-electron chi connectivity index (χ0n) is 34.9. The van der Waals surface area contributed by atoms with E-state index in [9.17, 15) is 0 Å². The number of fused-ring (bicyclic) bond motifs is 3. The Labute approximate surface area is 377 Å². The van der Waals surface area contributed by atoms with Crippen molar-refractivity contribution >= 4 is 44.4 Å². The molecule has 1 atom stereocenters. The molecule has 1 aliphatic heterocycles. The van der Waals surface area contributed by atoms with Gasteiger partial charge in [-0.25, -0.2) is 23.4 Å².